The first kappa shape index (κ1) is 15.1. The number of sulfonamides is 1. The minimum Gasteiger partial charge on any atom is -0.349 e. The lowest BCUT2D eigenvalue weighted by Crippen LogP contribution is -2.29. The third-order valence-electron chi connectivity index (χ3n) is 2.04. The van der Waals surface area contributed by atoms with Crippen LogP contribution in [0.2, 0.25) is 0 Å². The van der Waals surface area contributed by atoms with Crippen LogP contribution in [-0.2, 0) is 16.4 Å². The Morgan fingerprint density at radius 2 is 2.06 bits per heavy atom. The summed E-state index contributed by atoms with van der Waals surface area (Å²) in [6.45, 7) is 4.16. The molecule has 5 nitrogen and oxygen atoms in total. The summed E-state index contributed by atoms with van der Waals surface area (Å²) in [5.41, 5.74) is 0. The number of nitrogens with one attached hydrogen (secondary N) is 2. The first-order valence-corrected chi connectivity index (χ1v) is 8.33. The van der Waals surface area contributed by atoms with Crippen LogP contribution in [0.1, 0.15) is 28.4 Å². The summed E-state index contributed by atoms with van der Waals surface area (Å²) >= 11 is 1.39. The third kappa shape index (κ3) is 5.61. The molecule has 1 aromatic rings. The highest BCUT2D eigenvalue weighted by molar-refractivity contribution is 7.88. The van der Waals surface area contributed by atoms with Crippen LogP contribution in [0.15, 0.2) is 12.1 Å². The van der Waals surface area contributed by atoms with Crippen molar-refractivity contribution in [3.8, 4) is 0 Å². The van der Waals surface area contributed by atoms with Gasteiger partial charge in [0, 0.05) is 17.5 Å². The minimum absolute atomic E-state index is 0.0858. The molecule has 0 aliphatic heterocycles. The largest absolute Gasteiger partial charge is 0.349 e. The third-order valence-corrected chi connectivity index (χ3v) is 3.91. The van der Waals surface area contributed by atoms with E-state index in [0.29, 0.717) is 17.8 Å². The summed E-state index contributed by atoms with van der Waals surface area (Å²) in [5, 5.41) is 2.81. The average molecular weight is 290 g/mol. The van der Waals surface area contributed by atoms with Gasteiger partial charge in [-0.15, -0.1) is 11.3 Å². The van der Waals surface area contributed by atoms with Crippen LogP contribution in [0.5, 0.6) is 0 Å². The molecule has 18 heavy (non-hydrogen) atoms. The fraction of sp³-hybridized carbons (Fsp3) is 0.545. The van der Waals surface area contributed by atoms with Crippen LogP contribution in [0.4, 0.5) is 0 Å². The van der Waals surface area contributed by atoms with Gasteiger partial charge >= 0.3 is 0 Å². The van der Waals surface area contributed by atoms with Crippen molar-refractivity contribution in [3.63, 3.8) is 0 Å². The zero-order valence-electron chi connectivity index (χ0n) is 10.7. The van der Waals surface area contributed by atoms with Gasteiger partial charge in [-0.05, 0) is 32.4 Å². The van der Waals surface area contributed by atoms with Crippen molar-refractivity contribution in [2.24, 2.45) is 0 Å². The quantitative estimate of drug-likeness (QED) is 0.820. The Kier molecular flexibility index (Phi) is 5.30. The van der Waals surface area contributed by atoms with E-state index in [1.165, 1.54) is 11.3 Å². The number of carbonyl (C=O) groups excluding carboxylic acids is 1. The lowest BCUT2D eigenvalue weighted by molar-refractivity contribution is 0.0947. The van der Waals surface area contributed by atoms with E-state index < -0.39 is 10.0 Å². The summed E-state index contributed by atoms with van der Waals surface area (Å²) in [7, 11) is -3.14. The van der Waals surface area contributed by atoms with E-state index in [0.717, 1.165) is 11.1 Å². The number of thiophene rings is 1. The Hall–Kier alpha value is -0.920. The minimum atomic E-state index is -3.14. The second-order valence-corrected chi connectivity index (χ2v) is 7.31. The molecule has 0 unspecified atom stereocenters. The first-order chi connectivity index (χ1) is 8.28. The standard InChI is InChI=1S/C11H18N2O3S2/c1-8(2)13-11(14)10-5-4-9(17-10)6-7-12-18(3,15)16/h4-5,8,12H,6-7H2,1-3H3,(H,13,14). The maximum absolute atomic E-state index is 11.7. The summed E-state index contributed by atoms with van der Waals surface area (Å²) < 4.78 is 24.2. The highest BCUT2D eigenvalue weighted by Gasteiger charge is 2.10. The molecular weight excluding hydrogens is 272 g/mol. The first-order valence-electron chi connectivity index (χ1n) is 5.62. The number of carbonyl (C=O) groups is 1. The average Bonchev–Trinajstić information content (AvgIpc) is 2.63. The zero-order valence-corrected chi connectivity index (χ0v) is 12.3. The maximum Gasteiger partial charge on any atom is 0.261 e. The lowest BCUT2D eigenvalue weighted by atomic mass is 10.3. The molecule has 0 spiro atoms. The molecule has 1 rings (SSSR count). The van der Waals surface area contributed by atoms with Crippen LogP contribution in [0.25, 0.3) is 0 Å². The van der Waals surface area contributed by atoms with Crippen molar-refractivity contribution >= 4 is 27.3 Å². The smallest absolute Gasteiger partial charge is 0.261 e. The second-order valence-electron chi connectivity index (χ2n) is 4.31. The van der Waals surface area contributed by atoms with Gasteiger partial charge in [-0.1, -0.05) is 0 Å². The van der Waals surface area contributed by atoms with Gasteiger partial charge in [0.05, 0.1) is 11.1 Å². The van der Waals surface area contributed by atoms with Crippen LogP contribution in [-0.4, -0.2) is 33.2 Å². The van der Waals surface area contributed by atoms with Crippen molar-refractivity contribution in [1.29, 1.82) is 0 Å². The molecule has 1 aromatic heterocycles. The van der Waals surface area contributed by atoms with Crippen molar-refractivity contribution in [2.45, 2.75) is 26.3 Å². The normalized spacial score (nSPS) is 11.8. The van der Waals surface area contributed by atoms with Gasteiger partial charge in [0.15, 0.2) is 0 Å². The maximum atomic E-state index is 11.7. The highest BCUT2D eigenvalue weighted by Crippen LogP contribution is 2.16. The van der Waals surface area contributed by atoms with E-state index in [1.54, 1.807) is 6.07 Å². The second kappa shape index (κ2) is 6.31. The van der Waals surface area contributed by atoms with Gasteiger partial charge < -0.3 is 5.32 Å². The SMILES string of the molecule is CC(C)NC(=O)c1ccc(CCNS(C)(=O)=O)s1. The van der Waals surface area contributed by atoms with Crippen molar-refractivity contribution in [1.82, 2.24) is 10.0 Å². The summed E-state index contributed by atoms with van der Waals surface area (Å²) in [4.78, 5) is 13.3. The van der Waals surface area contributed by atoms with E-state index in [-0.39, 0.29) is 11.9 Å². The molecule has 1 heterocycles. The Bertz CT molecular complexity index is 506. The Labute approximate surface area is 112 Å². The topological polar surface area (TPSA) is 75.3 Å². The molecule has 0 saturated carbocycles. The van der Waals surface area contributed by atoms with Crippen LogP contribution >= 0.6 is 11.3 Å². The van der Waals surface area contributed by atoms with Gasteiger partial charge in [-0.2, -0.15) is 0 Å². The Morgan fingerprint density at radius 1 is 1.39 bits per heavy atom. The van der Waals surface area contributed by atoms with Crippen LogP contribution < -0.4 is 10.0 Å². The highest BCUT2D eigenvalue weighted by atomic mass is 32.2. The van der Waals surface area contributed by atoms with Crippen molar-refractivity contribution in [3.05, 3.63) is 21.9 Å². The number of amides is 1. The van der Waals surface area contributed by atoms with E-state index in [2.05, 4.69) is 10.0 Å². The Morgan fingerprint density at radius 3 is 2.61 bits per heavy atom. The monoisotopic (exact) mass is 290 g/mol. The van der Waals surface area contributed by atoms with Crippen molar-refractivity contribution in [2.75, 3.05) is 12.8 Å². The van der Waals surface area contributed by atoms with Gasteiger partial charge in [-0.3, -0.25) is 4.79 Å². The molecule has 7 heteroatoms. The van der Waals surface area contributed by atoms with Crippen LogP contribution in [0, 0.1) is 0 Å². The predicted molar refractivity (Wildman–Crippen MR) is 73.5 cm³/mol. The Balaban J connectivity index is 2.51. The number of rotatable bonds is 6. The number of hydrogen-bond donors (Lipinski definition) is 2. The lowest BCUT2D eigenvalue weighted by Gasteiger charge is -2.05. The molecule has 0 bridgehead atoms. The molecule has 1 amide bonds. The fourth-order valence-electron chi connectivity index (χ4n) is 1.33. The molecule has 0 aliphatic carbocycles. The van der Waals surface area contributed by atoms with Crippen molar-refractivity contribution < 1.29 is 13.2 Å². The molecule has 0 fully saturated rings. The molecule has 0 atom stereocenters. The summed E-state index contributed by atoms with van der Waals surface area (Å²) in [6, 6.07) is 3.72. The van der Waals surface area contributed by atoms with Gasteiger partial charge in [0.2, 0.25) is 10.0 Å². The van der Waals surface area contributed by atoms with E-state index >= 15 is 0 Å². The van der Waals surface area contributed by atoms with E-state index in [9.17, 15) is 13.2 Å². The van der Waals surface area contributed by atoms with Gasteiger partial charge in [0.25, 0.3) is 5.91 Å². The summed E-state index contributed by atoms with van der Waals surface area (Å²) in [5.74, 6) is -0.0858. The number of hydrogen-bond acceptors (Lipinski definition) is 4. The molecule has 2 N–H and O–H groups in total. The summed E-state index contributed by atoms with van der Waals surface area (Å²) in [6.07, 6.45) is 1.72. The molecule has 0 radical (unpaired) electrons. The zero-order chi connectivity index (χ0) is 13.8. The van der Waals surface area contributed by atoms with Gasteiger partial charge in [0.1, 0.15) is 0 Å². The molecule has 0 saturated heterocycles. The molecule has 0 aliphatic rings. The predicted octanol–water partition coefficient (Wildman–Crippen LogP) is 0.978. The van der Waals surface area contributed by atoms with E-state index in [4.69, 9.17) is 0 Å². The van der Waals surface area contributed by atoms with E-state index in [1.807, 2.05) is 19.9 Å². The molecular formula is C11H18N2O3S2. The fourth-order valence-corrected chi connectivity index (χ4v) is 2.71. The van der Waals surface area contributed by atoms with Gasteiger partial charge in [-0.25, -0.2) is 13.1 Å². The molecule has 102 valence electrons. The molecule has 0 aromatic carbocycles. The van der Waals surface area contributed by atoms with Crippen LogP contribution in [0.3, 0.4) is 0 Å².